The normalized spacial score (nSPS) is 35.5. The zero-order chi connectivity index (χ0) is 42.3. The Morgan fingerprint density at radius 2 is 1.57 bits per heavy atom. The van der Waals surface area contributed by atoms with Gasteiger partial charge in [0, 0.05) is 18.8 Å². The van der Waals surface area contributed by atoms with Gasteiger partial charge in [0.25, 0.3) is 0 Å². The van der Waals surface area contributed by atoms with Crippen molar-refractivity contribution in [2.45, 2.75) is 127 Å². The second kappa shape index (κ2) is 14.3. The van der Waals surface area contributed by atoms with E-state index in [2.05, 4.69) is 5.32 Å². The number of alkyl carbamates (subject to hydrolysis) is 1. The van der Waals surface area contributed by atoms with Crippen LogP contribution >= 0.6 is 0 Å². The summed E-state index contributed by atoms with van der Waals surface area (Å²) in [7, 11) is 0. The Kier molecular flexibility index (Phi) is 10.2. The summed E-state index contributed by atoms with van der Waals surface area (Å²) in [4.78, 5) is 69.2. The summed E-state index contributed by atoms with van der Waals surface area (Å²) < 4.78 is 35.9. The van der Waals surface area contributed by atoms with Crippen LogP contribution < -0.4 is 5.32 Å². The minimum atomic E-state index is -2.28. The van der Waals surface area contributed by atoms with Gasteiger partial charge in [-0.1, -0.05) is 62.4 Å². The van der Waals surface area contributed by atoms with Crippen LogP contribution in [0.3, 0.4) is 0 Å². The minimum Gasteiger partial charge on any atom is -0.456 e. The molecule has 5 aliphatic rings. The molecule has 15 heteroatoms. The number of nitrogens with one attached hydrogen (secondary N) is 1. The molecule has 2 aromatic carbocycles. The average molecular weight is 806 g/mol. The highest BCUT2D eigenvalue weighted by atomic mass is 16.7. The molecule has 2 aromatic rings. The summed E-state index contributed by atoms with van der Waals surface area (Å²) in [5.41, 5.74) is -7.45. The van der Waals surface area contributed by atoms with E-state index in [-0.39, 0.29) is 23.3 Å². The second-order valence-corrected chi connectivity index (χ2v) is 17.8. The minimum absolute atomic E-state index is 0.0104. The lowest BCUT2D eigenvalue weighted by Gasteiger charge is -2.65. The molecule has 7 rings (SSSR count). The fraction of sp³-hybridized carbons (Fsp3) is 0.558. The quantitative estimate of drug-likeness (QED) is 0.130. The number of carbonyl (C=O) groups is 5. The van der Waals surface area contributed by atoms with Crippen molar-refractivity contribution in [2.24, 2.45) is 16.7 Å². The van der Waals surface area contributed by atoms with Gasteiger partial charge in [-0.2, -0.15) is 0 Å². The molecule has 4 N–H and O–H groups in total. The number of aliphatic hydroxyl groups is 3. The number of fused-ring (bicyclic) bond motifs is 8. The number of benzene rings is 2. The third-order valence-electron chi connectivity index (χ3n) is 12.8. The Labute approximate surface area is 336 Å². The number of epoxide rings is 1. The van der Waals surface area contributed by atoms with Crippen molar-refractivity contribution < 1.29 is 67.7 Å². The standard InChI is InChI=1S/C43H51NO14/c1-21-25(54-37(50)29(47)27(23-15-11-9-12-16-23)44-38(51)58-39(3,4)5)19-43(52)35(56-36(49)24-17-13-10-14-18-24)31-41(8,32(48)28(46)26(21)40(43,6)7)33-30(55-33)34-42(31,20-53-34)57-22(2)45/h9-18,25,27-31,33-35,46-47,52H,19-20H2,1-8H3,(H,44,51)/t25-,27+,28-,29-,30-,31+,33+,34-,35+,41-,42-,43-/m1/s1. The first-order valence-corrected chi connectivity index (χ1v) is 19.4. The van der Waals surface area contributed by atoms with Crippen molar-refractivity contribution in [3.05, 3.63) is 82.9 Å². The van der Waals surface area contributed by atoms with Crippen LogP contribution in [0.15, 0.2) is 71.8 Å². The van der Waals surface area contributed by atoms with Gasteiger partial charge in [-0.05, 0) is 63.5 Å². The Balaban J connectivity index is 1.34. The first-order valence-electron chi connectivity index (χ1n) is 19.4. The van der Waals surface area contributed by atoms with E-state index in [0.717, 1.165) is 0 Å². The van der Waals surface area contributed by atoms with Gasteiger partial charge in [-0.15, -0.1) is 0 Å². The number of hydrogen-bond donors (Lipinski definition) is 4. The number of ether oxygens (including phenoxy) is 6. The van der Waals surface area contributed by atoms with E-state index in [1.807, 2.05) is 0 Å². The molecule has 12 atom stereocenters. The van der Waals surface area contributed by atoms with Crippen LogP contribution in [-0.4, -0.2) is 111 Å². The lowest BCUT2D eigenvalue weighted by atomic mass is 9.45. The van der Waals surface area contributed by atoms with Gasteiger partial charge in [0.05, 0.1) is 35.6 Å². The molecule has 58 heavy (non-hydrogen) atoms. The van der Waals surface area contributed by atoms with E-state index < -0.39 is 119 Å². The summed E-state index contributed by atoms with van der Waals surface area (Å²) in [5, 5.41) is 39.9. The predicted molar refractivity (Wildman–Crippen MR) is 202 cm³/mol. The molecule has 0 unspecified atom stereocenters. The number of rotatable bonds is 8. The maximum Gasteiger partial charge on any atom is 0.408 e. The van der Waals surface area contributed by atoms with Gasteiger partial charge in [-0.25, -0.2) is 14.4 Å². The molecule has 1 amide bonds. The first-order chi connectivity index (χ1) is 27.1. The molecule has 3 aliphatic carbocycles. The molecule has 0 radical (unpaired) electrons. The highest BCUT2D eigenvalue weighted by Gasteiger charge is 2.84. The summed E-state index contributed by atoms with van der Waals surface area (Å²) in [6, 6.07) is 14.8. The zero-order valence-corrected chi connectivity index (χ0v) is 33.7. The van der Waals surface area contributed by atoms with Crippen molar-refractivity contribution in [2.75, 3.05) is 6.61 Å². The Morgan fingerprint density at radius 3 is 2.14 bits per heavy atom. The fourth-order valence-corrected chi connectivity index (χ4v) is 9.95. The lowest BCUT2D eigenvalue weighted by Crippen LogP contribution is -2.81. The number of aliphatic hydroxyl groups excluding tert-OH is 2. The summed E-state index contributed by atoms with van der Waals surface area (Å²) >= 11 is 0. The van der Waals surface area contributed by atoms with Crippen molar-refractivity contribution in [3.63, 3.8) is 0 Å². The Hall–Kier alpha value is -4.67. The molecular weight excluding hydrogens is 754 g/mol. The lowest BCUT2D eigenvalue weighted by molar-refractivity contribution is -0.325. The number of ketones is 1. The molecular formula is C43H51NO14. The van der Waals surface area contributed by atoms with Gasteiger partial charge in [0.15, 0.2) is 17.5 Å². The molecule has 2 saturated carbocycles. The molecule has 312 valence electrons. The molecule has 2 saturated heterocycles. The summed E-state index contributed by atoms with van der Waals surface area (Å²) in [6.07, 6.45) is -10.9. The van der Waals surface area contributed by atoms with Crippen molar-refractivity contribution in [3.8, 4) is 0 Å². The van der Waals surface area contributed by atoms with Crippen LogP contribution in [0.5, 0.6) is 0 Å². The van der Waals surface area contributed by atoms with E-state index in [4.69, 9.17) is 28.4 Å². The van der Waals surface area contributed by atoms with Crippen LogP contribution in [0.1, 0.15) is 83.8 Å². The van der Waals surface area contributed by atoms with E-state index in [9.17, 15) is 34.5 Å². The van der Waals surface area contributed by atoms with Crippen LogP contribution in [0, 0.1) is 16.7 Å². The highest BCUT2D eigenvalue weighted by Crippen LogP contribution is 2.68. The molecule has 0 spiro atoms. The summed E-state index contributed by atoms with van der Waals surface area (Å²) in [6.45, 7) is 12.2. The van der Waals surface area contributed by atoms with Crippen LogP contribution in [0.25, 0.3) is 0 Å². The fourth-order valence-electron chi connectivity index (χ4n) is 9.95. The second-order valence-electron chi connectivity index (χ2n) is 17.8. The van der Waals surface area contributed by atoms with Crippen molar-refractivity contribution in [1.29, 1.82) is 0 Å². The van der Waals surface area contributed by atoms with E-state index in [1.54, 1.807) is 97.0 Å². The number of carbonyl (C=O) groups excluding carboxylic acids is 5. The van der Waals surface area contributed by atoms with Crippen LogP contribution in [0.4, 0.5) is 4.79 Å². The summed E-state index contributed by atoms with van der Waals surface area (Å²) in [5.74, 6) is -4.90. The number of Topliss-reactive ketones (excluding diaryl/α,β-unsaturated/α-hetero) is 1. The van der Waals surface area contributed by atoms with E-state index in [0.29, 0.717) is 5.56 Å². The zero-order valence-electron chi connectivity index (χ0n) is 33.7. The average Bonchev–Trinajstić information content (AvgIpc) is 3.93. The van der Waals surface area contributed by atoms with Gasteiger partial charge in [-0.3, -0.25) is 9.59 Å². The Morgan fingerprint density at radius 1 is 0.948 bits per heavy atom. The molecule has 2 bridgehead atoms. The molecule has 2 heterocycles. The monoisotopic (exact) mass is 805 g/mol. The number of amides is 1. The molecule has 4 fully saturated rings. The SMILES string of the molecule is CC(=O)O[C@@]12CO[C@@H]1[C@@H]1O[C@@H]1[C@@]1(C)C(=O)[C@H](O)C3=C(C)[C@H](OC(=O)[C@H](O)[C@@H](NC(=O)OC(C)(C)C)c4ccccc4)C[C@@](O)([C@@H](OC(=O)c4ccccc4)[C@H]21)C3(C)C. The van der Waals surface area contributed by atoms with Gasteiger partial charge in [0.1, 0.15) is 41.7 Å². The van der Waals surface area contributed by atoms with Gasteiger partial charge < -0.3 is 49.1 Å². The van der Waals surface area contributed by atoms with Gasteiger partial charge >= 0.3 is 24.0 Å². The number of hydrogen-bond acceptors (Lipinski definition) is 14. The van der Waals surface area contributed by atoms with Crippen LogP contribution in [-0.2, 0) is 42.8 Å². The Bertz CT molecular complexity index is 2030. The third kappa shape index (κ3) is 6.51. The predicted octanol–water partition coefficient (Wildman–Crippen LogP) is 3.28. The maximum absolute atomic E-state index is 15.1. The molecule has 0 aromatic heterocycles. The van der Waals surface area contributed by atoms with E-state index in [1.165, 1.54) is 19.1 Å². The maximum atomic E-state index is 15.1. The smallest absolute Gasteiger partial charge is 0.408 e. The molecule has 15 nitrogen and oxygen atoms in total. The third-order valence-corrected chi connectivity index (χ3v) is 12.8. The highest BCUT2D eigenvalue weighted by molar-refractivity contribution is 5.94. The largest absolute Gasteiger partial charge is 0.456 e. The van der Waals surface area contributed by atoms with Crippen LogP contribution in [0.2, 0.25) is 0 Å². The number of esters is 3. The molecule has 2 aliphatic heterocycles. The van der Waals surface area contributed by atoms with Crippen molar-refractivity contribution in [1.82, 2.24) is 5.32 Å². The van der Waals surface area contributed by atoms with Crippen molar-refractivity contribution >= 4 is 29.8 Å². The van der Waals surface area contributed by atoms with Gasteiger partial charge in [0.2, 0.25) is 0 Å². The topological polar surface area (TPSA) is 217 Å². The van der Waals surface area contributed by atoms with E-state index >= 15 is 4.79 Å². The first kappa shape index (κ1) is 41.5.